The lowest BCUT2D eigenvalue weighted by Crippen LogP contribution is -2.55. The van der Waals surface area contributed by atoms with Gasteiger partial charge in [-0.3, -0.25) is 9.69 Å². The minimum Gasteiger partial charge on any atom is -0.440 e. The molecule has 0 radical (unpaired) electrons. The number of nitrogens with zero attached hydrogens (tertiary/aromatic N) is 3. The molecule has 3 heterocycles. The van der Waals surface area contributed by atoms with E-state index in [1.54, 1.807) is 0 Å². The van der Waals surface area contributed by atoms with Crippen molar-refractivity contribution >= 4 is 12.0 Å². The molecule has 3 aliphatic heterocycles. The quantitative estimate of drug-likeness (QED) is 0.680. The molecular weight excluding hydrogens is 402 g/mol. The maximum atomic E-state index is 13.0. The number of carbonyl (C=O) groups excluding carboxylic acids is 2. The molecule has 32 heavy (non-hydrogen) atoms. The number of benzene rings is 1. The first-order valence-electron chi connectivity index (χ1n) is 12.4. The van der Waals surface area contributed by atoms with Gasteiger partial charge in [0.2, 0.25) is 0 Å². The van der Waals surface area contributed by atoms with Crippen molar-refractivity contribution in [2.75, 3.05) is 33.2 Å². The number of ether oxygens (including phenoxy) is 1. The fourth-order valence-electron chi connectivity index (χ4n) is 6.01. The van der Waals surface area contributed by atoms with Crippen LogP contribution in [0.4, 0.5) is 4.79 Å². The summed E-state index contributed by atoms with van der Waals surface area (Å²) < 4.78 is 5.97. The largest absolute Gasteiger partial charge is 0.440 e. The number of carbonyl (C=O) groups is 2. The predicted molar refractivity (Wildman–Crippen MR) is 126 cm³/mol. The van der Waals surface area contributed by atoms with Gasteiger partial charge in [-0.2, -0.15) is 0 Å². The second-order valence-electron chi connectivity index (χ2n) is 10.1. The number of hydrogen-bond donors (Lipinski definition) is 0. The first-order valence-corrected chi connectivity index (χ1v) is 12.4. The lowest BCUT2D eigenvalue weighted by atomic mass is 9.81. The Morgan fingerprint density at radius 2 is 1.81 bits per heavy atom. The molecule has 0 aromatic heterocycles. The van der Waals surface area contributed by atoms with Crippen molar-refractivity contribution in [2.45, 2.75) is 83.4 Å². The lowest BCUT2D eigenvalue weighted by Gasteiger charge is -2.46. The topological polar surface area (TPSA) is 53.1 Å². The van der Waals surface area contributed by atoms with Crippen molar-refractivity contribution in [3.05, 3.63) is 34.9 Å². The number of likely N-dealkylation sites (N-methyl/N-ethyl adjacent to an activating group) is 1. The molecule has 0 saturated carbocycles. The van der Waals surface area contributed by atoms with Crippen molar-refractivity contribution in [3.63, 3.8) is 0 Å². The summed E-state index contributed by atoms with van der Waals surface area (Å²) in [6.07, 6.45) is 7.00. The van der Waals surface area contributed by atoms with Crippen LogP contribution in [0.5, 0.6) is 0 Å². The maximum absolute atomic E-state index is 13.0. The van der Waals surface area contributed by atoms with Crippen LogP contribution in [-0.2, 0) is 4.74 Å². The molecule has 4 rings (SSSR count). The summed E-state index contributed by atoms with van der Waals surface area (Å²) in [5.41, 5.74) is 2.78. The highest BCUT2D eigenvalue weighted by Crippen LogP contribution is 2.41. The molecule has 1 aromatic carbocycles. The molecule has 1 aromatic rings. The van der Waals surface area contributed by atoms with Crippen LogP contribution in [0.2, 0.25) is 0 Å². The van der Waals surface area contributed by atoms with Gasteiger partial charge in [-0.25, -0.2) is 4.79 Å². The molecule has 176 valence electrons. The zero-order valence-corrected chi connectivity index (χ0v) is 20.2. The van der Waals surface area contributed by atoms with Crippen molar-refractivity contribution in [1.82, 2.24) is 14.7 Å². The van der Waals surface area contributed by atoms with Gasteiger partial charge in [0.05, 0.1) is 6.04 Å². The Morgan fingerprint density at radius 1 is 1.12 bits per heavy atom. The van der Waals surface area contributed by atoms with E-state index < -0.39 is 0 Å². The van der Waals surface area contributed by atoms with Crippen LogP contribution in [0.25, 0.3) is 0 Å². The van der Waals surface area contributed by atoms with Gasteiger partial charge in [-0.05, 0) is 44.7 Å². The van der Waals surface area contributed by atoms with Crippen molar-refractivity contribution < 1.29 is 14.3 Å². The van der Waals surface area contributed by atoms with E-state index in [0.29, 0.717) is 6.04 Å². The third-order valence-electron chi connectivity index (χ3n) is 8.01. The summed E-state index contributed by atoms with van der Waals surface area (Å²) in [5, 5.41) is 0. The van der Waals surface area contributed by atoms with E-state index in [-0.39, 0.29) is 23.6 Å². The number of unbranched alkanes of at least 4 members (excludes halogenated alkanes) is 1. The zero-order valence-electron chi connectivity index (χ0n) is 20.2. The van der Waals surface area contributed by atoms with Gasteiger partial charge < -0.3 is 14.5 Å². The fraction of sp³-hybridized carbons (Fsp3) is 0.692. The molecule has 3 fully saturated rings. The number of likely N-dealkylation sites (tertiary alicyclic amines) is 2. The Labute approximate surface area is 192 Å². The molecule has 1 atom stereocenters. The molecule has 6 nitrogen and oxygen atoms in total. The summed E-state index contributed by atoms with van der Waals surface area (Å²) in [5.74, 6) is 0.165. The van der Waals surface area contributed by atoms with Crippen molar-refractivity contribution in [1.29, 1.82) is 0 Å². The summed E-state index contributed by atoms with van der Waals surface area (Å²) in [6, 6.07) is 6.80. The molecular formula is C26H39N3O3. The van der Waals surface area contributed by atoms with E-state index in [1.165, 1.54) is 5.56 Å². The third kappa shape index (κ3) is 4.39. The van der Waals surface area contributed by atoms with Crippen LogP contribution in [0.3, 0.4) is 0 Å². The van der Waals surface area contributed by atoms with E-state index in [9.17, 15) is 9.59 Å². The Morgan fingerprint density at radius 3 is 2.44 bits per heavy atom. The maximum Gasteiger partial charge on any atom is 0.410 e. The summed E-state index contributed by atoms with van der Waals surface area (Å²) in [4.78, 5) is 31.8. The molecule has 0 bridgehead atoms. The summed E-state index contributed by atoms with van der Waals surface area (Å²) in [6.45, 7) is 9.86. The average molecular weight is 442 g/mol. The standard InChI is InChI=1S/C26H39N3O3/c1-5-6-7-23-26(32-25(31)27(23)4)12-16-28(17-13-26)21-10-14-29(15-11-21)24(30)22-9-8-19(2)18-20(22)3/h8-9,18,21,23H,5-7,10-17H2,1-4H3. The molecule has 2 amide bonds. The molecule has 3 saturated heterocycles. The van der Waals surface area contributed by atoms with Crippen molar-refractivity contribution in [2.24, 2.45) is 0 Å². The Hall–Kier alpha value is -2.08. The van der Waals surface area contributed by atoms with Gasteiger partial charge in [-0.1, -0.05) is 37.5 Å². The number of aryl methyl sites for hydroxylation is 2. The van der Waals surface area contributed by atoms with Crippen LogP contribution in [0.15, 0.2) is 18.2 Å². The highest BCUT2D eigenvalue weighted by Gasteiger charge is 2.53. The van der Waals surface area contributed by atoms with Crippen LogP contribution < -0.4 is 0 Å². The van der Waals surface area contributed by atoms with Crippen LogP contribution in [0.1, 0.15) is 73.4 Å². The van der Waals surface area contributed by atoms with Gasteiger partial charge >= 0.3 is 6.09 Å². The van der Waals surface area contributed by atoms with E-state index >= 15 is 0 Å². The smallest absolute Gasteiger partial charge is 0.410 e. The second kappa shape index (κ2) is 9.42. The van der Waals surface area contributed by atoms with Crippen LogP contribution in [-0.4, -0.2) is 77.6 Å². The molecule has 3 aliphatic rings. The zero-order chi connectivity index (χ0) is 22.9. The first kappa shape index (κ1) is 23.1. The minimum atomic E-state index is -0.308. The molecule has 1 unspecified atom stereocenters. The van der Waals surface area contributed by atoms with E-state index in [2.05, 4.69) is 24.8 Å². The predicted octanol–water partition coefficient (Wildman–Crippen LogP) is 4.38. The Balaban J connectivity index is 1.32. The molecule has 1 spiro atoms. The monoisotopic (exact) mass is 441 g/mol. The van der Waals surface area contributed by atoms with Gasteiger partial charge in [0.15, 0.2) is 0 Å². The summed E-state index contributed by atoms with van der Waals surface area (Å²) >= 11 is 0. The average Bonchev–Trinajstić information content (AvgIpc) is 3.01. The second-order valence-corrected chi connectivity index (χ2v) is 10.1. The minimum absolute atomic E-state index is 0.155. The fourth-order valence-corrected chi connectivity index (χ4v) is 6.01. The van der Waals surface area contributed by atoms with Gasteiger partial charge in [0, 0.05) is 57.7 Å². The third-order valence-corrected chi connectivity index (χ3v) is 8.01. The highest BCUT2D eigenvalue weighted by molar-refractivity contribution is 5.95. The molecule has 6 heteroatoms. The lowest BCUT2D eigenvalue weighted by molar-refractivity contribution is -0.0375. The van der Waals surface area contributed by atoms with E-state index in [0.717, 1.165) is 82.3 Å². The number of piperidine rings is 2. The molecule has 0 N–H and O–H groups in total. The Bertz CT molecular complexity index is 839. The highest BCUT2D eigenvalue weighted by atomic mass is 16.6. The van der Waals surface area contributed by atoms with Gasteiger partial charge in [-0.15, -0.1) is 0 Å². The summed E-state index contributed by atoms with van der Waals surface area (Å²) in [7, 11) is 1.90. The molecule has 0 aliphatic carbocycles. The van der Waals surface area contributed by atoms with Crippen molar-refractivity contribution in [3.8, 4) is 0 Å². The SMILES string of the molecule is CCCCC1N(C)C(=O)OC12CCN(C1CCN(C(=O)c3ccc(C)cc3C)CC1)CC2. The van der Waals surface area contributed by atoms with Crippen LogP contribution in [0, 0.1) is 13.8 Å². The normalized spacial score (nSPS) is 24.2. The van der Waals surface area contributed by atoms with E-state index in [1.807, 2.05) is 35.9 Å². The van der Waals surface area contributed by atoms with Crippen LogP contribution >= 0.6 is 0 Å². The first-order chi connectivity index (χ1) is 15.3. The Kier molecular flexibility index (Phi) is 6.80. The number of hydrogen-bond acceptors (Lipinski definition) is 4. The number of rotatable bonds is 5. The van der Waals surface area contributed by atoms with E-state index in [4.69, 9.17) is 4.74 Å². The van der Waals surface area contributed by atoms with Gasteiger partial charge in [0.1, 0.15) is 5.60 Å². The van der Waals surface area contributed by atoms with Gasteiger partial charge in [0.25, 0.3) is 5.91 Å². The number of amides is 2.